The Morgan fingerprint density at radius 3 is 2.86 bits per heavy atom. The van der Waals surface area contributed by atoms with Gasteiger partial charge in [0.25, 0.3) is 0 Å². The molecule has 0 unspecified atom stereocenters. The largest absolute Gasteiger partial charge is 0.427 e. The van der Waals surface area contributed by atoms with E-state index in [0.717, 1.165) is 18.4 Å². The van der Waals surface area contributed by atoms with E-state index in [1.165, 1.54) is 0 Å². The van der Waals surface area contributed by atoms with Gasteiger partial charge in [0.15, 0.2) is 0 Å². The number of carbonyl (C=O) groups excluding carboxylic acids is 1. The standard InChI is InChI=1S/C12H16O2/c1-3-4-8-12(13)14-11-7-5-6-10(2)9-11/h5-7,9H,3-4,8H2,1-2H3. The number of rotatable bonds is 4. The van der Waals surface area contributed by atoms with E-state index in [1.54, 1.807) is 6.07 Å². The lowest BCUT2D eigenvalue weighted by molar-refractivity contribution is -0.134. The minimum atomic E-state index is -0.141. The number of unbranched alkanes of at least 4 members (excludes halogenated alkanes) is 1. The van der Waals surface area contributed by atoms with Crippen LogP contribution in [0.4, 0.5) is 0 Å². The molecule has 0 spiro atoms. The maximum Gasteiger partial charge on any atom is 0.311 e. The van der Waals surface area contributed by atoms with E-state index in [4.69, 9.17) is 4.74 Å². The van der Waals surface area contributed by atoms with Crippen molar-refractivity contribution < 1.29 is 9.53 Å². The van der Waals surface area contributed by atoms with E-state index in [2.05, 4.69) is 6.92 Å². The van der Waals surface area contributed by atoms with Crippen LogP contribution in [-0.2, 0) is 4.79 Å². The maximum atomic E-state index is 11.3. The van der Waals surface area contributed by atoms with Crippen LogP contribution in [0.5, 0.6) is 5.75 Å². The van der Waals surface area contributed by atoms with Crippen LogP contribution < -0.4 is 4.74 Å². The molecule has 0 saturated heterocycles. The number of esters is 1. The molecule has 0 aliphatic heterocycles. The number of carbonyl (C=O) groups is 1. The lowest BCUT2D eigenvalue weighted by atomic mass is 10.2. The van der Waals surface area contributed by atoms with Gasteiger partial charge < -0.3 is 4.74 Å². The van der Waals surface area contributed by atoms with E-state index in [0.29, 0.717) is 12.2 Å². The average Bonchev–Trinajstić information content (AvgIpc) is 2.15. The first-order valence-electron chi connectivity index (χ1n) is 4.99. The Morgan fingerprint density at radius 2 is 2.21 bits per heavy atom. The second-order valence-electron chi connectivity index (χ2n) is 3.39. The molecular formula is C12H16O2. The molecule has 0 aliphatic rings. The van der Waals surface area contributed by atoms with Crippen molar-refractivity contribution in [1.29, 1.82) is 0 Å². The van der Waals surface area contributed by atoms with Crippen LogP contribution >= 0.6 is 0 Å². The summed E-state index contributed by atoms with van der Waals surface area (Å²) in [6.45, 7) is 4.03. The first-order valence-corrected chi connectivity index (χ1v) is 4.99. The van der Waals surface area contributed by atoms with Gasteiger partial charge in [-0.15, -0.1) is 0 Å². The summed E-state index contributed by atoms with van der Waals surface area (Å²) < 4.78 is 5.16. The zero-order valence-corrected chi connectivity index (χ0v) is 8.75. The zero-order chi connectivity index (χ0) is 10.4. The quantitative estimate of drug-likeness (QED) is 0.541. The molecule has 0 saturated carbocycles. The first-order chi connectivity index (χ1) is 6.72. The molecule has 2 nitrogen and oxygen atoms in total. The second-order valence-corrected chi connectivity index (χ2v) is 3.39. The molecule has 0 bridgehead atoms. The van der Waals surface area contributed by atoms with Gasteiger partial charge in [0, 0.05) is 6.42 Å². The minimum absolute atomic E-state index is 0.141. The smallest absolute Gasteiger partial charge is 0.311 e. The molecule has 0 atom stereocenters. The number of hydrogen-bond donors (Lipinski definition) is 0. The summed E-state index contributed by atoms with van der Waals surface area (Å²) in [5.74, 6) is 0.503. The van der Waals surface area contributed by atoms with Crippen molar-refractivity contribution in [3.05, 3.63) is 29.8 Å². The molecule has 0 aromatic heterocycles. The Hall–Kier alpha value is -1.31. The second kappa shape index (κ2) is 5.43. The Kier molecular flexibility index (Phi) is 4.17. The van der Waals surface area contributed by atoms with Gasteiger partial charge >= 0.3 is 5.97 Å². The van der Waals surface area contributed by atoms with Gasteiger partial charge in [-0.25, -0.2) is 0 Å². The molecule has 0 fully saturated rings. The Morgan fingerprint density at radius 1 is 1.43 bits per heavy atom. The average molecular weight is 192 g/mol. The van der Waals surface area contributed by atoms with E-state index < -0.39 is 0 Å². The predicted octanol–water partition coefficient (Wildman–Crippen LogP) is 3.09. The monoisotopic (exact) mass is 192 g/mol. The normalized spacial score (nSPS) is 9.86. The highest BCUT2D eigenvalue weighted by Gasteiger charge is 2.03. The molecule has 1 rings (SSSR count). The highest BCUT2D eigenvalue weighted by Crippen LogP contribution is 2.13. The third-order valence-electron chi connectivity index (χ3n) is 1.96. The number of ether oxygens (including phenoxy) is 1. The van der Waals surface area contributed by atoms with Gasteiger partial charge in [0.05, 0.1) is 0 Å². The van der Waals surface area contributed by atoms with Crippen molar-refractivity contribution in [2.45, 2.75) is 33.1 Å². The van der Waals surface area contributed by atoms with Crippen molar-refractivity contribution in [1.82, 2.24) is 0 Å². The molecule has 14 heavy (non-hydrogen) atoms. The van der Waals surface area contributed by atoms with Crippen LogP contribution in [0.3, 0.4) is 0 Å². The fraction of sp³-hybridized carbons (Fsp3) is 0.417. The molecule has 2 heteroatoms. The van der Waals surface area contributed by atoms with Gasteiger partial charge in [0.1, 0.15) is 5.75 Å². The molecule has 76 valence electrons. The number of hydrogen-bond acceptors (Lipinski definition) is 2. The van der Waals surface area contributed by atoms with Crippen molar-refractivity contribution in [3.63, 3.8) is 0 Å². The number of aryl methyl sites for hydroxylation is 1. The van der Waals surface area contributed by atoms with Crippen molar-refractivity contribution in [2.75, 3.05) is 0 Å². The molecule has 0 heterocycles. The van der Waals surface area contributed by atoms with Crippen molar-refractivity contribution in [2.24, 2.45) is 0 Å². The maximum absolute atomic E-state index is 11.3. The van der Waals surface area contributed by atoms with Gasteiger partial charge in [-0.3, -0.25) is 4.79 Å². The minimum Gasteiger partial charge on any atom is -0.427 e. The summed E-state index contributed by atoms with van der Waals surface area (Å²) in [7, 11) is 0. The summed E-state index contributed by atoms with van der Waals surface area (Å²) in [6.07, 6.45) is 2.41. The number of benzene rings is 1. The summed E-state index contributed by atoms with van der Waals surface area (Å²) >= 11 is 0. The van der Waals surface area contributed by atoms with Crippen molar-refractivity contribution >= 4 is 5.97 Å². The highest BCUT2D eigenvalue weighted by atomic mass is 16.5. The van der Waals surface area contributed by atoms with Gasteiger partial charge in [-0.1, -0.05) is 25.5 Å². The molecule has 0 aliphatic carbocycles. The lowest BCUT2D eigenvalue weighted by Crippen LogP contribution is -2.07. The Labute approximate surface area is 84.9 Å². The highest BCUT2D eigenvalue weighted by molar-refractivity contribution is 5.72. The predicted molar refractivity (Wildman–Crippen MR) is 56.3 cm³/mol. The van der Waals surface area contributed by atoms with Crippen LogP contribution in [0.2, 0.25) is 0 Å². The third kappa shape index (κ3) is 3.60. The first kappa shape index (κ1) is 10.8. The molecule has 0 N–H and O–H groups in total. The van der Waals surface area contributed by atoms with Crippen molar-refractivity contribution in [3.8, 4) is 5.75 Å². The van der Waals surface area contributed by atoms with Crippen LogP contribution in [0.15, 0.2) is 24.3 Å². The summed E-state index contributed by atoms with van der Waals surface area (Å²) in [6, 6.07) is 7.53. The Balaban J connectivity index is 2.47. The van der Waals surface area contributed by atoms with Gasteiger partial charge in [-0.2, -0.15) is 0 Å². The summed E-state index contributed by atoms with van der Waals surface area (Å²) in [5, 5.41) is 0. The zero-order valence-electron chi connectivity index (χ0n) is 8.75. The van der Waals surface area contributed by atoms with Crippen LogP contribution in [-0.4, -0.2) is 5.97 Å². The Bertz CT molecular complexity index is 305. The third-order valence-corrected chi connectivity index (χ3v) is 1.96. The molecule has 1 aromatic carbocycles. The van der Waals surface area contributed by atoms with E-state index in [9.17, 15) is 4.79 Å². The van der Waals surface area contributed by atoms with Crippen LogP contribution in [0.25, 0.3) is 0 Å². The van der Waals surface area contributed by atoms with Gasteiger partial charge in [-0.05, 0) is 31.0 Å². The van der Waals surface area contributed by atoms with E-state index in [-0.39, 0.29) is 5.97 Å². The van der Waals surface area contributed by atoms with Crippen LogP contribution in [0, 0.1) is 6.92 Å². The molecule has 1 aromatic rings. The molecular weight excluding hydrogens is 176 g/mol. The van der Waals surface area contributed by atoms with Crippen LogP contribution in [0.1, 0.15) is 31.7 Å². The summed E-state index contributed by atoms with van der Waals surface area (Å²) in [4.78, 5) is 11.3. The fourth-order valence-corrected chi connectivity index (χ4v) is 1.18. The molecule has 0 radical (unpaired) electrons. The van der Waals surface area contributed by atoms with E-state index >= 15 is 0 Å². The SMILES string of the molecule is CCCCC(=O)Oc1cccc(C)c1. The van der Waals surface area contributed by atoms with E-state index in [1.807, 2.05) is 25.1 Å². The van der Waals surface area contributed by atoms with Gasteiger partial charge in [0.2, 0.25) is 0 Å². The lowest BCUT2D eigenvalue weighted by Gasteiger charge is -2.03. The molecule has 0 amide bonds. The summed E-state index contributed by atoms with van der Waals surface area (Å²) in [5.41, 5.74) is 1.10. The topological polar surface area (TPSA) is 26.3 Å². The fourth-order valence-electron chi connectivity index (χ4n) is 1.18.